The van der Waals surface area contributed by atoms with Crippen LogP contribution < -0.4 is 10.5 Å². The van der Waals surface area contributed by atoms with Crippen molar-refractivity contribution in [2.24, 2.45) is 5.73 Å². The summed E-state index contributed by atoms with van der Waals surface area (Å²) in [7, 11) is 0. The summed E-state index contributed by atoms with van der Waals surface area (Å²) < 4.78 is 11.1. The zero-order valence-electron chi connectivity index (χ0n) is 20.8. The van der Waals surface area contributed by atoms with Crippen molar-refractivity contribution in [1.82, 2.24) is 9.96 Å². The summed E-state index contributed by atoms with van der Waals surface area (Å²) in [5.74, 6) is 0.708. The Balaban J connectivity index is 1.30. The van der Waals surface area contributed by atoms with Crippen LogP contribution in [-0.4, -0.2) is 40.8 Å². The molecule has 4 amide bonds. The predicted molar refractivity (Wildman–Crippen MR) is 138 cm³/mol. The van der Waals surface area contributed by atoms with Crippen LogP contribution in [-0.2, 0) is 29.0 Å². The van der Waals surface area contributed by atoms with Crippen LogP contribution in [0.1, 0.15) is 41.1 Å². The topological polar surface area (TPSA) is 111 Å². The molecule has 38 heavy (non-hydrogen) atoms. The maximum absolute atomic E-state index is 13.1. The molecule has 0 unspecified atom stereocenters. The van der Waals surface area contributed by atoms with E-state index >= 15 is 0 Å². The molecule has 0 saturated carbocycles. The summed E-state index contributed by atoms with van der Waals surface area (Å²) in [5.41, 5.74) is 9.45. The quantitative estimate of drug-likeness (QED) is 0.455. The third-order valence-corrected chi connectivity index (χ3v) is 6.79. The number of nitrogens with two attached hydrogens (primary N) is 1. The third-order valence-electron chi connectivity index (χ3n) is 6.79. The van der Waals surface area contributed by atoms with E-state index < -0.39 is 30.3 Å². The van der Waals surface area contributed by atoms with E-state index in [0.29, 0.717) is 25.2 Å². The SMILES string of the molecule is NC(=O)N(OC(=O)N1C(=O)OC[C@H]1Cc1ccccc1)[C@@H]1CCCc2cc(OCc3ccccc3)ccc21. The van der Waals surface area contributed by atoms with E-state index in [1.807, 2.05) is 78.9 Å². The Hall–Kier alpha value is -4.53. The molecule has 0 aromatic heterocycles. The maximum Gasteiger partial charge on any atom is 0.444 e. The summed E-state index contributed by atoms with van der Waals surface area (Å²) >= 11 is 0. The molecule has 0 bridgehead atoms. The number of primary amides is 1. The van der Waals surface area contributed by atoms with Gasteiger partial charge in [0.05, 0.1) is 12.1 Å². The number of ether oxygens (including phenoxy) is 2. The second-order valence-corrected chi connectivity index (χ2v) is 9.35. The Kier molecular flexibility index (Phi) is 7.44. The first-order chi connectivity index (χ1) is 18.5. The van der Waals surface area contributed by atoms with Crippen molar-refractivity contribution in [3.05, 3.63) is 101 Å². The van der Waals surface area contributed by atoms with Crippen LogP contribution in [0, 0.1) is 0 Å². The van der Waals surface area contributed by atoms with Crippen LogP contribution in [0.4, 0.5) is 14.4 Å². The van der Waals surface area contributed by atoms with Gasteiger partial charge in [0.2, 0.25) is 0 Å². The second-order valence-electron chi connectivity index (χ2n) is 9.35. The highest BCUT2D eigenvalue weighted by Crippen LogP contribution is 2.37. The van der Waals surface area contributed by atoms with Gasteiger partial charge in [0.1, 0.15) is 19.0 Å². The van der Waals surface area contributed by atoms with E-state index in [2.05, 4.69) is 0 Å². The number of urea groups is 1. The molecule has 2 atom stereocenters. The van der Waals surface area contributed by atoms with Gasteiger partial charge in [-0.3, -0.25) is 0 Å². The lowest BCUT2D eigenvalue weighted by Gasteiger charge is -2.34. The lowest BCUT2D eigenvalue weighted by Crippen LogP contribution is -2.47. The lowest BCUT2D eigenvalue weighted by molar-refractivity contribution is -0.100. The van der Waals surface area contributed by atoms with Crippen molar-refractivity contribution in [3.63, 3.8) is 0 Å². The van der Waals surface area contributed by atoms with E-state index in [0.717, 1.165) is 45.1 Å². The first kappa shape index (κ1) is 25.1. The fraction of sp³-hybridized carbons (Fsp3) is 0.276. The minimum atomic E-state index is -0.998. The number of nitrogens with zero attached hydrogens (tertiary/aromatic N) is 2. The Morgan fingerprint density at radius 1 is 1.00 bits per heavy atom. The smallest absolute Gasteiger partial charge is 0.444 e. The van der Waals surface area contributed by atoms with Crippen molar-refractivity contribution < 1.29 is 28.7 Å². The first-order valence-electron chi connectivity index (χ1n) is 12.6. The number of hydrogen-bond donors (Lipinski definition) is 1. The van der Waals surface area contributed by atoms with E-state index in [9.17, 15) is 14.4 Å². The van der Waals surface area contributed by atoms with Crippen LogP contribution in [0.3, 0.4) is 0 Å². The summed E-state index contributed by atoms with van der Waals surface area (Å²) in [6.07, 6.45) is 0.671. The fourth-order valence-corrected chi connectivity index (χ4v) is 4.95. The number of rotatable bonds is 6. The number of cyclic esters (lactones) is 1. The molecule has 2 aliphatic rings. The Morgan fingerprint density at radius 2 is 1.71 bits per heavy atom. The van der Waals surface area contributed by atoms with Gasteiger partial charge in [-0.25, -0.2) is 19.3 Å². The number of benzene rings is 3. The largest absolute Gasteiger partial charge is 0.489 e. The standard InChI is InChI=1S/C29H29N3O6/c30-27(33)32(38-29(35)31-23(19-37-28(31)34)16-20-8-3-1-4-9-20)26-13-7-12-22-17-24(14-15-25(22)26)36-18-21-10-5-2-6-11-21/h1-6,8-11,14-15,17,23,26H,7,12-13,16,18-19H2,(H2,30,33)/t23-,26-/m1/s1. The van der Waals surface area contributed by atoms with E-state index in [1.54, 1.807) is 0 Å². The van der Waals surface area contributed by atoms with Gasteiger partial charge >= 0.3 is 18.2 Å². The Labute approximate surface area is 220 Å². The summed E-state index contributed by atoms with van der Waals surface area (Å²) in [6, 6.07) is 22.9. The van der Waals surface area contributed by atoms with Crippen molar-refractivity contribution >= 4 is 18.2 Å². The van der Waals surface area contributed by atoms with Crippen LogP contribution in [0.5, 0.6) is 5.75 Å². The summed E-state index contributed by atoms with van der Waals surface area (Å²) in [4.78, 5) is 44.4. The number of hydroxylamine groups is 2. The van der Waals surface area contributed by atoms with Gasteiger partial charge in [-0.05, 0) is 60.1 Å². The molecule has 196 valence electrons. The second kappa shape index (κ2) is 11.2. The average Bonchev–Trinajstić information content (AvgIpc) is 3.30. The number of imide groups is 1. The molecule has 9 nitrogen and oxygen atoms in total. The van der Waals surface area contributed by atoms with Crippen LogP contribution in [0.2, 0.25) is 0 Å². The molecule has 1 aliphatic heterocycles. The molecule has 0 spiro atoms. The van der Waals surface area contributed by atoms with Crippen molar-refractivity contribution in [2.45, 2.75) is 44.4 Å². The molecule has 5 rings (SSSR count). The molecule has 1 aliphatic carbocycles. The summed E-state index contributed by atoms with van der Waals surface area (Å²) in [5, 5.41) is 0.871. The molecule has 9 heteroatoms. The van der Waals surface area contributed by atoms with E-state index in [4.69, 9.17) is 20.0 Å². The highest BCUT2D eigenvalue weighted by Gasteiger charge is 2.42. The number of hydrogen-bond acceptors (Lipinski definition) is 6. The molecule has 1 heterocycles. The molecule has 3 aromatic carbocycles. The number of fused-ring (bicyclic) bond motifs is 1. The van der Waals surface area contributed by atoms with Crippen molar-refractivity contribution in [1.29, 1.82) is 0 Å². The Bertz CT molecular complexity index is 1300. The zero-order valence-corrected chi connectivity index (χ0v) is 20.8. The number of aryl methyl sites for hydroxylation is 1. The van der Waals surface area contributed by atoms with Gasteiger partial charge in [0.25, 0.3) is 0 Å². The van der Waals surface area contributed by atoms with Gasteiger partial charge in [-0.15, -0.1) is 5.06 Å². The lowest BCUT2D eigenvalue weighted by atomic mass is 9.87. The van der Waals surface area contributed by atoms with E-state index in [-0.39, 0.29) is 6.61 Å². The minimum absolute atomic E-state index is 0.0391. The molecule has 2 N–H and O–H groups in total. The fourth-order valence-electron chi connectivity index (χ4n) is 4.95. The van der Waals surface area contributed by atoms with Gasteiger partial charge in [-0.1, -0.05) is 66.7 Å². The average molecular weight is 516 g/mol. The molecule has 1 saturated heterocycles. The third kappa shape index (κ3) is 5.56. The number of carbonyl (C=O) groups is 3. The van der Waals surface area contributed by atoms with Gasteiger partial charge in [0.15, 0.2) is 0 Å². The van der Waals surface area contributed by atoms with E-state index in [1.165, 1.54) is 0 Å². The van der Waals surface area contributed by atoms with Gasteiger partial charge in [-0.2, -0.15) is 0 Å². The van der Waals surface area contributed by atoms with Gasteiger partial charge in [0, 0.05) is 0 Å². The first-order valence-corrected chi connectivity index (χ1v) is 12.6. The molecular formula is C29H29N3O6. The number of amides is 4. The maximum atomic E-state index is 13.1. The minimum Gasteiger partial charge on any atom is -0.489 e. The molecule has 1 fully saturated rings. The van der Waals surface area contributed by atoms with Gasteiger partial charge < -0.3 is 20.0 Å². The Morgan fingerprint density at radius 3 is 2.42 bits per heavy atom. The van der Waals surface area contributed by atoms with Crippen LogP contribution >= 0.6 is 0 Å². The van der Waals surface area contributed by atoms with Crippen LogP contribution in [0.15, 0.2) is 78.9 Å². The van der Waals surface area contributed by atoms with Crippen molar-refractivity contribution in [2.75, 3.05) is 6.61 Å². The molecular weight excluding hydrogens is 486 g/mol. The van der Waals surface area contributed by atoms with Crippen LogP contribution in [0.25, 0.3) is 0 Å². The molecule has 0 radical (unpaired) electrons. The predicted octanol–water partition coefficient (Wildman–Crippen LogP) is 5.14. The highest BCUT2D eigenvalue weighted by molar-refractivity contribution is 5.90. The monoisotopic (exact) mass is 515 g/mol. The zero-order chi connectivity index (χ0) is 26.5. The highest BCUT2D eigenvalue weighted by atomic mass is 16.7. The summed E-state index contributed by atoms with van der Waals surface area (Å²) in [6.45, 7) is 0.474. The number of carbonyl (C=O) groups excluding carboxylic acids is 3. The normalized spacial score (nSPS) is 18.3. The molecule has 3 aromatic rings. The van der Waals surface area contributed by atoms with Crippen molar-refractivity contribution in [3.8, 4) is 5.75 Å².